The van der Waals surface area contributed by atoms with E-state index in [9.17, 15) is 4.79 Å². The third kappa shape index (κ3) is 5.17. The number of amides is 1. The van der Waals surface area contributed by atoms with Crippen LogP contribution in [0.5, 0.6) is 23.5 Å². The number of methoxy groups -OCH3 is 2. The second-order valence-electron chi connectivity index (χ2n) is 6.32. The average Bonchev–Trinajstić information content (AvgIpc) is 2.61. The van der Waals surface area contributed by atoms with Crippen molar-refractivity contribution >= 4 is 12.1 Å². The van der Waals surface area contributed by atoms with Crippen LogP contribution in [0, 0.1) is 5.41 Å². The lowest BCUT2D eigenvalue weighted by atomic mass is 9.96. The molecule has 0 bridgehead atoms. The molecule has 26 heavy (non-hydrogen) atoms. The SMILES string of the molecule is COc1cc(OC)nc(Oc2ccccc2/C=N/NC(=O)C(C)(C)C)n1. The van der Waals surface area contributed by atoms with Crippen molar-refractivity contribution in [3.63, 3.8) is 0 Å². The van der Waals surface area contributed by atoms with Crippen molar-refractivity contribution in [3.8, 4) is 23.5 Å². The summed E-state index contributed by atoms with van der Waals surface area (Å²) in [6.45, 7) is 5.42. The van der Waals surface area contributed by atoms with Crippen LogP contribution in [0.2, 0.25) is 0 Å². The Bertz CT molecular complexity index is 778. The molecule has 0 spiro atoms. The Hall–Kier alpha value is -3.16. The number of para-hydroxylation sites is 1. The van der Waals surface area contributed by atoms with Gasteiger partial charge in [-0.2, -0.15) is 15.1 Å². The molecule has 2 rings (SSSR count). The second kappa shape index (κ2) is 8.28. The van der Waals surface area contributed by atoms with Gasteiger partial charge in [0.1, 0.15) is 5.75 Å². The first-order valence-corrected chi connectivity index (χ1v) is 7.91. The number of carbonyl (C=O) groups excluding carboxylic acids is 1. The van der Waals surface area contributed by atoms with Gasteiger partial charge >= 0.3 is 6.01 Å². The predicted octanol–water partition coefficient (Wildman–Crippen LogP) is 2.78. The average molecular weight is 358 g/mol. The molecule has 0 fully saturated rings. The number of nitrogens with one attached hydrogen (secondary N) is 1. The van der Waals surface area contributed by atoms with Gasteiger partial charge in [0, 0.05) is 11.0 Å². The molecule has 0 atom stereocenters. The van der Waals surface area contributed by atoms with E-state index in [-0.39, 0.29) is 11.9 Å². The summed E-state index contributed by atoms with van der Waals surface area (Å²) in [6, 6.07) is 8.77. The molecule has 2 aromatic rings. The summed E-state index contributed by atoms with van der Waals surface area (Å²) in [6.07, 6.45) is 1.50. The van der Waals surface area contributed by atoms with Gasteiger partial charge < -0.3 is 14.2 Å². The second-order valence-corrected chi connectivity index (χ2v) is 6.32. The number of hydrogen-bond acceptors (Lipinski definition) is 7. The zero-order chi connectivity index (χ0) is 19.2. The van der Waals surface area contributed by atoms with E-state index in [0.29, 0.717) is 23.1 Å². The summed E-state index contributed by atoms with van der Waals surface area (Å²) in [5.74, 6) is 0.912. The monoisotopic (exact) mass is 358 g/mol. The number of carbonyl (C=O) groups is 1. The molecule has 0 saturated carbocycles. The molecule has 0 aliphatic rings. The van der Waals surface area contributed by atoms with E-state index >= 15 is 0 Å². The predicted molar refractivity (Wildman–Crippen MR) is 96.8 cm³/mol. The standard InChI is InChI=1S/C18H22N4O4/c1-18(2,3)16(23)22-19-11-12-8-6-7-9-13(12)26-17-20-14(24-4)10-15(21-17)25-5/h6-11H,1-5H3,(H,22,23)/b19-11+. The zero-order valence-corrected chi connectivity index (χ0v) is 15.4. The highest BCUT2D eigenvalue weighted by molar-refractivity contribution is 5.86. The van der Waals surface area contributed by atoms with E-state index < -0.39 is 5.41 Å². The first-order chi connectivity index (χ1) is 12.3. The number of rotatable bonds is 6. The van der Waals surface area contributed by atoms with E-state index in [1.54, 1.807) is 24.3 Å². The maximum Gasteiger partial charge on any atom is 0.328 e. The molecule has 1 heterocycles. The summed E-state index contributed by atoms with van der Waals surface area (Å²) < 4.78 is 15.9. The molecule has 138 valence electrons. The Labute approximate surface area is 152 Å². The van der Waals surface area contributed by atoms with Gasteiger partial charge in [-0.3, -0.25) is 4.79 Å². The molecular formula is C18H22N4O4. The number of benzene rings is 1. The van der Waals surface area contributed by atoms with E-state index in [1.807, 2.05) is 26.8 Å². The van der Waals surface area contributed by atoms with Crippen LogP contribution in [0.15, 0.2) is 35.4 Å². The fourth-order valence-electron chi connectivity index (χ4n) is 1.75. The Kier molecular flexibility index (Phi) is 6.11. The summed E-state index contributed by atoms with van der Waals surface area (Å²) >= 11 is 0. The van der Waals surface area contributed by atoms with Crippen molar-refractivity contribution in [1.29, 1.82) is 0 Å². The smallest absolute Gasteiger partial charge is 0.328 e. The van der Waals surface area contributed by atoms with Gasteiger partial charge in [-0.1, -0.05) is 32.9 Å². The molecule has 1 amide bonds. The van der Waals surface area contributed by atoms with Crippen LogP contribution < -0.4 is 19.6 Å². The minimum Gasteiger partial charge on any atom is -0.481 e. The van der Waals surface area contributed by atoms with Gasteiger partial charge in [-0.05, 0) is 12.1 Å². The van der Waals surface area contributed by atoms with Gasteiger partial charge in [0.15, 0.2) is 0 Å². The topological polar surface area (TPSA) is 94.9 Å². The summed E-state index contributed by atoms with van der Waals surface area (Å²) in [5.41, 5.74) is 2.62. The van der Waals surface area contributed by atoms with Crippen LogP contribution in [0.25, 0.3) is 0 Å². The molecule has 0 saturated heterocycles. The normalized spacial score (nSPS) is 11.3. The van der Waals surface area contributed by atoms with E-state index in [2.05, 4.69) is 20.5 Å². The maximum atomic E-state index is 11.9. The number of hydrazone groups is 1. The van der Waals surface area contributed by atoms with E-state index in [4.69, 9.17) is 14.2 Å². The van der Waals surface area contributed by atoms with E-state index in [0.717, 1.165) is 0 Å². The fourth-order valence-corrected chi connectivity index (χ4v) is 1.75. The lowest BCUT2D eigenvalue weighted by Gasteiger charge is -2.14. The van der Waals surface area contributed by atoms with Crippen LogP contribution >= 0.6 is 0 Å². The number of nitrogens with zero attached hydrogens (tertiary/aromatic N) is 3. The minimum atomic E-state index is -0.529. The zero-order valence-electron chi connectivity index (χ0n) is 15.4. The maximum absolute atomic E-state index is 11.9. The van der Waals surface area contributed by atoms with Gasteiger partial charge in [-0.25, -0.2) is 5.43 Å². The van der Waals surface area contributed by atoms with E-state index in [1.165, 1.54) is 20.4 Å². The fraction of sp³-hybridized carbons (Fsp3) is 0.333. The Balaban J connectivity index is 2.20. The van der Waals surface area contributed by atoms with Gasteiger partial charge in [0.05, 0.1) is 26.5 Å². The largest absolute Gasteiger partial charge is 0.481 e. The van der Waals surface area contributed by atoms with Gasteiger partial charge in [0.2, 0.25) is 17.7 Å². The van der Waals surface area contributed by atoms with Crippen molar-refractivity contribution in [2.24, 2.45) is 10.5 Å². The lowest BCUT2D eigenvalue weighted by molar-refractivity contribution is -0.128. The first-order valence-electron chi connectivity index (χ1n) is 7.91. The summed E-state index contributed by atoms with van der Waals surface area (Å²) in [5, 5.41) is 3.98. The number of ether oxygens (including phenoxy) is 3. The van der Waals surface area contributed by atoms with Crippen LogP contribution in [0.4, 0.5) is 0 Å². The molecule has 1 N–H and O–H groups in total. The molecule has 0 aliphatic heterocycles. The number of hydrogen-bond donors (Lipinski definition) is 1. The van der Waals surface area contributed by atoms with Crippen molar-refractivity contribution in [2.75, 3.05) is 14.2 Å². The number of aromatic nitrogens is 2. The van der Waals surface area contributed by atoms with Crippen molar-refractivity contribution < 1.29 is 19.0 Å². The van der Waals surface area contributed by atoms with Crippen LogP contribution in [-0.4, -0.2) is 36.3 Å². The highest BCUT2D eigenvalue weighted by Crippen LogP contribution is 2.25. The highest BCUT2D eigenvalue weighted by atomic mass is 16.5. The quantitative estimate of drug-likeness (QED) is 0.630. The first kappa shape index (κ1) is 19.2. The molecule has 1 aromatic carbocycles. The van der Waals surface area contributed by atoms with Crippen LogP contribution in [0.1, 0.15) is 26.3 Å². The van der Waals surface area contributed by atoms with Crippen molar-refractivity contribution in [3.05, 3.63) is 35.9 Å². The van der Waals surface area contributed by atoms with Crippen LogP contribution in [-0.2, 0) is 4.79 Å². The minimum absolute atomic E-state index is 0.0702. The molecule has 0 aliphatic carbocycles. The molecule has 0 unspecified atom stereocenters. The Morgan fingerprint density at radius 1 is 1.12 bits per heavy atom. The van der Waals surface area contributed by atoms with Crippen LogP contribution in [0.3, 0.4) is 0 Å². The van der Waals surface area contributed by atoms with Gasteiger partial charge in [0.25, 0.3) is 0 Å². The summed E-state index contributed by atoms with van der Waals surface area (Å²) in [4.78, 5) is 20.1. The molecule has 8 heteroatoms. The third-order valence-corrected chi connectivity index (χ3v) is 3.25. The van der Waals surface area contributed by atoms with Crippen molar-refractivity contribution in [1.82, 2.24) is 15.4 Å². The Morgan fingerprint density at radius 3 is 2.31 bits per heavy atom. The molecule has 8 nitrogen and oxygen atoms in total. The molecular weight excluding hydrogens is 336 g/mol. The third-order valence-electron chi connectivity index (χ3n) is 3.25. The lowest BCUT2D eigenvalue weighted by Crippen LogP contribution is -2.31. The van der Waals surface area contributed by atoms with Crippen molar-refractivity contribution in [2.45, 2.75) is 20.8 Å². The Morgan fingerprint density at radius 2 is 1.73 bits per heavy atom. The highest BCUT2D eigenvalue weighted by Gasteiger charge is 2.20. The summed E-state index contributed by atoms with van der Waals surface area (Å²) in [7, 11) is 2.98. The van der Waals surface area contributed by atoms with Gasteiger partial charge in [-0.15, -0.1) is 0 Å². The molecule has 1 aromatic heterocycles. The molecule has 0 radical (unpaired) electrons.